The van der Waals surface area contributed by atoms with Gasteiger partial charge in [-0.15, -0.1) is 0 Å². The van der Waals surface area contributed by atoms with Gasteiger partial charge in [0, 0.05) is 34.8 Å². The number of H-pyrrole nitrogens is 1. The van der Waals surface area contributed by atoms with Gasteiger partial charge in [0.25, 0.3) is 11.7 Å². The summed E-state index contributed by atoms with van der Waals surface area (Å²) in [5.41, 5.74) is 4.06. The number of aliphatic hydroxyl groups excluding tert-OH is 1. The van der Waals surface area contributed by atoms with Gasteiger partial charge in [-0.25, -0.2) is 0 Å². The number of fused-ring (bicyclic) bond motifs is 1. The molecule has 190 valence electrons. The van der Waals surface area contributed by atoms with Gasteiger partial charge in [-0.3, -0.25) is 9.59 Å². The number of aromatic nitrogens is 1. The van der Waals surface area contributed by atoms with Crippen LogP contribution >= 0.6 is 0 Å². The van der Waals surface area contributed by atoms with Crippen LogP contribution in [0.4, 0.5) is 0 Å². The Labute approximate surface area is 212 Å². The van der Waals surface area contributed by atoms with Crippen LogP contribution in [0.1, 0.15) is 54.5 Å². The first-order valence-electron chi connectivity index (χ1n) is 12.3. The van der Waals surface area contributed by atoms with Gasteiger partial charge < -0.3 is 24.6 Å². The maximum atomic E-state index is 13.5. The Morgan fingerprint density at radius 2 is 1.92 bits per heavy atom. The molecule has 0 radical (unpaired) electrons. The largest absolute Gasteiger partial charge is 0.507 e. The third-order valence-electron chi connectivity index (χ3n) is 6.91. The van der Waals surface area contributed by atoms with Crippen molar-refractivity contribution in [2.24, 2.45) is 0 Å². The Kier molecular flexibility index (Phi) is 7.22. The zero-order valence-electron chi connectivity index (χ0n) is 21.9. The van der Waals surface area contributed by atoms with Crippen molar-refractivity contribution in [3.63, 3.8) is 0 Å². The third kappa shape index (κ3) is 4.51. The van der Waals surface area contributed by atoms with E-state index in [-0.39, 0.29) is 17.3 Å². The molecule has 2 heterocycles. The number of ether oxygens (including phenoxy) is 1. The standard InChI is InChI=1S/C29H35N3O4/c1-17(2)20-15-21(18(3)14-24(20)36-6)27(33)25-26(22-16-30-23-11-8-7-10-19(22)23)32(29(35)28(25)34)13-9-12-31(4)5/h7-8,10-11,14-17,26,30,33H,9,12-13H2,1-6H3/b27-25+. The molecule has 1 fully saturated rings. The summed E-state index contributed by atoms with van der Waals surface area (Å²) in [4.78, 5) is 33.7. The van der Waals surface area contributed by atoms with E-state index < -0.39 is 17.7 Å². The SMILES string of the molecule is COc1cc(C)c(/C(O)=C2\C(=O)C(=O)N(CCCN(C)C)C2c2c[nH]c3ccccc23)cc1C(C)C. The van der Waals surface area contributed by atoms with Crippen LogP contribution in [0.3, 0.4) is 0 Å². The lowest BCUT2D eigenvalue weighted by Gasteiger charge is -2.26. The number of Topliss-reactive ketones (excluding diaryl/α,β-unsaturated/α-hetero) is 1. The molecule has 3 aromatic rings. The molecule has 0 aliphatic carbocycles. The van der Waals surface area contributed by atoms with E-state index in [4.69, 9.17) is 4.74 Å². The fraction of sp³-hybridized carbons (Fsp3) is 0.379. The molecule has 2 N–H and O–H groups in total. The van der Waals surface area contributed by atoms with Gasteiger partial charge in [-0.05, 0) is 69.2 Å². The van der Waals surface area contributed by atoms with Gasteiger partial charge in [-0.2, -0.15) is 0 Å². The number of ketones is 1. The van der Waals surface area contributed by atoms with E-state index in [0.717, 1.165) is 39.9 Å². The molecule has 0 bridgehead atoms. The zero-order valence-corrected chi connectivity index (χ0v) is 21.9. The van der Waals surface area contributed by atoms with Gasteiger partial charge in [-0.1, -0.05) is 32.0 Å². The van der Waals surface area contributed by atoms with E-state index in [1.165, 1.54) is 0 Å². The molecular weight excluding hydrogens is 454 g/mol. The highest BCUT2D eigenvalue weighted by Crippen LogP contribution is 2.43. The highest BCUT2D eigenvalue weighted by atomic mass is 16.5. The number of methoxy groups -OCH3 is 1. The van der Waals surface area contributed by atoms with Crippen LogP contribution in [0.2, 0.25) is 0 Å². The Bertz CT molecular complexity index is 1340. The Morgan fingerprint density at radius 1 is 1.19 bits per heavy atom. The lowest BCUT2D eigenvalue weighted by molar-refractivity contribution is -0.139. The number of rotatable bonds is 8. The number of nitrogens with one attached hydrogen (secondary N) is 1. The second kappa shape index (κ2) is 10.2. The maximum Gasteiger partial charge on any atom is 0.295 e. The molecule has 1 atom stereocenters. The number of likely N-dealkylation sites (tertiary alicyclic amines) is 1. The second-order valence-electron chi connectivity index (χ2n) is 10.0. The fourth-order valence-electron chi connectivity index (χ4n) is 5.04. The van der Waals surface area contributed by atoms with Crippen molar-refractivity contribution < 1.29 is 19.4 Å². The van der Waals surface area contributed by atoms with Crippen LogP contribution in [0, 0.1) is 6.92 Å². The number of aliphatic hydroxyl groups is 1. The fourth-order valence-corrected chi connectivity index (χ4v) is 5.04. The van der Waals surface area contributed by atoms with Crippen molar-refractivity contribution in [1.29, 1.82) is 0 Å². The topological polar surface area (TPSA) is 85.9 Å². The monoisotopic (exact) mass is 489 g/mol. The molecule has 1 amide bonds. The number of carbonyl (C=O) groups excluding carboxylic acids is 2. The van der Waals surface area contributed by atoms with Crippen LogP contribution < -0.4 is 4.74 Å². The molecule has 1 aliphatic heterocycles. The average molecular weight is 490 g/mol. The molecule has 4 rings (SSSR count). The number of para-hydroxylation sites is 1. The predicted molar refractivity (Wildman–Crippen MR) is 142 cm³/mol. The van der Waals surface area contributed by atoms with Crippen LogP contribution in [0.5, 0.6) is 5.75 Å². The first-order valence-corrected chi connectivity index (χ1v) is 12.3. The van der Waals surface area contributed by atoms with Gasteiger partial charge in [0.05, 0.1) is 18.7 Å². The summed E-state index contributed by atoms with van der Waals surface area (Å²) >= 11 is 0. The van der Waals surface area contributed by atoms with Crippen molar-refractivity contribution in [3.05, 3.63) is 70.4 Å². The summed E-state index contributed by atoms with van der Waals surface area (Å²) < 4.78 is 5.56. The normalized spacial score (nSPS) is 17.7. The molecule has 2 aromatic carbocycles. The Morgan fingerprint density at radius 3 is 2.58 bits per heavy atom. The van der Waals surface area contributed by atoms with E-state index >= 15 is 0 Å². The summed E-state index contributed by atoms with van der Waals surface area (Å²) in [6.07, 6.45) is 2.55. The number of aryl methyl sites for hydroxylation is 1. The van der Waals surface area contributed by atoms with Crippen LogP contribution in [0.15, 0.2) is 48.2 Å². The molecule has 1 aromatic heterocycles. The van der Waals surface area contributed by atoms with Gasteiger partial charge in [0.2, 0.25) is 0 Å². The second-order valence-corrected chi connectivity index (χ2v) is 10.0. The lowest BCUT2D eigenvalue weighted by Crippen LogP contribution is -2.32. The first-order chi connectivity index (χ1) is 17.1. The molecule has 7 nitrogen and oxygen atoms in total. The molecular formula is C29H35N3O4. The maximum absolute atomic E-state index is 13.5. The van der Waals surface area contributed by atoms with E-state index in [1.54, 1.807) is 12.0 Å². The number of carbonyl (C=O) groups is 2. The minimum absolute atomic E-state index is 0.123. The van der Waals surface area contributed by atoms with Gasteiger partial charge >= 0.3 is 0 Å². The van der Waals surface area contributed by atoms with E-state index in [2.05, 4.69) is 4.98 Å². The molecule has 1 saturated heterocycles. The van der Waals surface area contributed by atoms with Crippen molar-refractivity contribution in [1.82, 2.24) is 14.8 Å². The smallest absolute Gasteiger partial charge is 0.295 e. The van der Waals surface area contributed by atoms with E-state index in [9.17, 15) is 14.7 Å². The summed E-state index contributed by atoms with van der Waals surface area (Å²) in [7, 11) is 5.57. The number of nitrogens with zero attached hydrogens (tertiary/aromatic N) is 2. The van der Waals surface area contributed by atoms with E-state index in [1.807, 2.05) is 82.4 Å². The van der Waals surface area contributed by atoms with Crippen molar-refractivity contribution in [2.75, 3.05) is 34.3 Å². The third-order valence-corrected chi connectivity index (χ3v) is 6.91. The van der Waals surface area contributed by atoms with Gasteiger partial charge in [0.1, 0.15) is 11.5 Å². The zero-order chi connectivity index (χ0) is 26.1. The number of hydrogen-bond donors (Lipinski definition) is 2. The molecule has 7 heteroatoms. The highest BCUT2D eigenvalue weighted by molar-refractivity contribution is 6.46. The number of aromatic amines is 1. The highest BCUT2D eigenvalue weighted by Gasteiger charge is 2.46. The predicted octanol–water partition coefficient (Wildman–Crippen LogP) is 4.98. The summed E-state index contributed by atoms with van der Waals surface area (Å²) in [5, 5.41) is 12.6. The van der Waals surface area contributed by atoms with Crippen LogP contribution in [-0.2, 0) is 9.59 Å². The van der Waals surface area contributed by atoms with Crippen molar-refractivity contribution in [2.45, 2.75) is 39.2 Å². The molecule has 1 aliphatic rings. The van der Waals surface area contributed by atoms with E-state index in [0.29, 0.717) is 18.5 Å². The first kappa shape index (κ1) is 25.5. The number of amides is 1. The number of hydrogen-bond acceptors (Lipinski definition) is 5. The van der Waals surface area contributed by atoms with Crippen molar-refractivity contribution in [3.8, 4) is 5.75 Å². The van der Waals surface area contributed by atoms with Crippen molar-refractivity contribution >= 4 is 28.4 Å². The quantitative estimate of drug-likeness (QED) is 0.265. The Balaban J connectivity index is 1.92. The minimum Gasteiger partial charge on any atom is -0.507 e. The van der Waals surface area contributed by atoms with Gasteiger partial charge in [0.15, 0.2) is 0 Å². The lowest BCUT2D eigenvalue weighted by atomic mass is 9.91. The molecule has 0 saturated carbocycles. The minimum atomic E-state index is -0.688. The molecule has 36 heavy (non-hydrogen) atoms. The number of benzene rings is 2. The molecule has 0 spiro atoms. The van der Waals surface area contributed by atoms with Crippen LogP contribution in [0.25, 0.3) is 16.7 Å². The molecule has 1 unspecified atom stereocenters. The average Bonchev–Trinajstić information content (AvgIpc) is 3.37. The van der Waals surface area contributed by atoms with Crippen LogP contribution in [-0.4, -0.2) is 65.9 Å². The summed E-state index contributed by atoms with van der Waals surface area (Å²) in [6, 6.07) is 10.9. The summed E-state index contributed by atoms with van der Waals surface area (Å²) in [6.45, 7) is 7.15. The summed E-state index contributed by atoms with van der Waals surface area (Å²) in [5.74, 6) is -0.517. The Hall–Kier alpha value is -3.58.